The number of nitro benzene ring substituents is 1. The van der Waals surface area contributed by atoms with Gasteiger partial charge in [0.25, 0.3) is 11.6 Å². The Bertz CT molecular complexity index is 973. The Morgan fingerprint density at radius 1 is 1.23 bits per heavy atom. The summed E-state index contributed by atoms with van der Waals surface area (Å²) in [6, 6.07) is 7.40. The van der Waals surface area contributed by atoms with Gasteiger partial charge < -0.3 is 10.2 Å². The van der Waals surface area contributed by atoms with E-state index in [1.165, 1.54) is 12.1 Å². The molecule has 132 valence electrons. The van der Waals surface area contributed by atoms with Gasteiger partial charge in [0, 0.05) is 24.4 Å². The maximum atomic E-state index is 12.5. The van der Waals surface area contributed by atoms with Crippen LogP contribution in [0.15, 0.2) is 30.3 Å². The number of aryl methyl sites for hydroxylation is 1. The molecule has 0 saturated heterocycles. The van der Waals surface area contributed by atoms with E-state index in [-0.39, 0.29) is 22.2 Å². The minimum absolute atomic E-state index is 0.0144. The standard InChI is InChI=1S/C18H14ClN3O4/c19-15-9-13(22(25)26)3-4-14(15)18(24)20-12-6-10-2-1-5-21-16(23)8-11(7-12)17(10)21/h3-4,6-7,9H,1-2,5,8H2,(H,20,24). The summed E-state index contributed by atoms with van der Waals surface area (Å²) in [5, 5.41) is 13.6. The first kappa shape index (κ1) is 16.5. The van der Waals surface area contributed by atoms with Crippen LogP contribution in [0.5, 0.6) is 0 Å². The number of carbonyl (C=O) groups is 2. The molecule has 4 rings (SSSR count). The van der Waals surface area contributed by atoms with Gasteiger partial charge in [-0.3, -0.25) is 19.7 Å². The SMILES string of the molecule is O=C(Nc1cc2c3c(c1)CC(=O)N3CCC2)c1ccc([N+](=O)[O-])cc1Cl. The zero-order valence-electron chi connectivity index (χ0n) is 13.6. The van der Waals surface area contributed by atoms with E-state index in [2.05, 4.69) is 5.32 Å². The van der Waals surface area contributed by atoms with Crippen molar-refractivity contribution in [3.05, 3.63) is 62.2 Å². The maximum Gasteiger partial charge on any atom is 0.270 e. The van der Waals surface area contributed by atoms with Crippen molar-refractivity contribution in [2.75, 3.05) is 16.8 Å². The molecule has 0 bridgehead atoms. The Labute approximate surface area is 153 Å². The molecule has 0 aliphatic carbocycles. The number of amides is 2. The van der Waals surface area contributed by atoms with Gasteiger partial charge in [-0.1, -0.05) is 11.6 Å². The van der Waals surface area contributed by atoms with Gasteiger partial charge in [0.2, 0.25) is 5.91 Å². The second kappa shape index (κ2) is 6.10. The van der Waals surface area contributed by atoms with E-state index in [0.717, 1.165) is 42.3 Å². The van der Waals surface area contributed by atoms with Crippen molar-refractivity contribution in [2.45, 2.75) is 19.3 Å². The smallest absolute Gasteiger partial charge is 0.270 e. The first-order chi connectivity index (χ1) is 12.4. The van der Waals surface area contributed by atoms with Crippen LogP contribution >= 0.6 is 11.6 Å². The number of nitrogens with zero attached hydrogens (tertiary/aromatic N) is 2. The van der Waals surface area contributed by atoms with E-state index in [0.29, 0.717) is 12.1 Å². The Balaban J connectivity index is 1.63. The number of nitro groups is 1. The van der Waals surface area contributed by atoms with E-state index in [1.54, 1.807) is 6.07 Å². The molecule has 1 N–H and O–H groups in total. The highest BCUT2D eigenvalue weighted by Crippen LogP contribution is 2.39. The fourth-order valence-corrected chi connectivity index (χ4v) is 3.81. The molecule has 2 amide bonds. The monoisotopic (exact) mass is 371 g/mol. The van der Waals surface area contributed by atoms with Crippen LogP contribution in [0.4, 0.5) is 17.1 Å². The van der Waals surface area contributed by atoms with Crippen LogP contribution in [-0.2, 0) is 17.6 Å². The summed E-state index contributed by atoms with van der Waals surface area (Å²) in [6.07, 6.45) is 2.09. The van der Waals surface area contributed by atoms with Crippen molar-refractivity contribution < 1.29 is 14.5 Å². The summed E-state index contributed by atoms with van der Waals surface area (Å²) in [6.45, 7) is 0.739. The minimum Gasteiger partial charge on any atom is -0.322 e. The van der Waals surface area contributed by atoms with E-state index in [4.69, 9.17) is 11.6 Å². The number of non-ortho nitro benzene ring substituents is 1. The van der Waals surface area contributed by atoms with Crippen LogP contribution in [0, 0.1) is 10.1 Å². The van der Waals surface area contributed by atoms with Crippen molar-refractivity contribution in [1.29, 1.82) is 0 Å². The van der Waals surface area contributed by atoms with Gasteiger partial charge in [-0.25, -0.2) is 0 Å². The summed E-state index contributed by atoms with van der Waals surface area (Å²) in [5.41, 5.74) is 3.51. The number of halogens is 1. The molecule has 0 saturated carbocycles. The Morgan fingerprint density at radius 3 is 2.73 bits per heavy atom. The highest BCUT2D eigenvalue weighted by molar-refractivity contribution is 6.34. The van der Waals surface area contributed by atoms with Gasteiger partial charge >= 0.3 is 0 Å². The second-order valence-electron chi connectivity index (χ2n) is 6.34. The Morgan fingerprint density at radius 2 is 2.00 bits per heavy atom. The second-order valence-corrected chi connectivity index (χ2v) is 6.75. The van der Waals surface area contributed by atoms with Crippen LogP contribution in [0.25, 0.3) is 0 Å². The highest BCUT2D eigenvalue weighted by atomic mass is 35.5. The molecule has 2 aliphatic heterocycles. The average molecular weight is 372 g/mol. The number of benzene rings is 2. The number of hydrogen-bond donors (Lipinski definition) is 1. The summed E-state index contributed by atoms with van der Waals surface area (Å²) < 4.78 is 0. The van der Waals surface area contributed by atoms with Crippen LogP contribution in [0.3, 0.4) is 0 Å². The normalized spacial score (nSPS) is 15.0. The number of carbonyl (C=O) groups excluding carboxylic acids is 2. The topological polar surface area (TPSA) is 92.6 Å². The first-order valence-electron chi connectivity index (χ1n) is 8.15. The largest absolute Gasteiger partial charge is 0.322 e. The molecule has 0 fully saturated rings. The molecule has 0 aromatic heterocycles. The lowest BCUT2D eigenvalue weighted by atomic mass is 9.99. The van der Waals surface area contributed by atoms with Gasteiger partial charge in [-0.15, -0.1) is 0 Å². The lowest BCUT2D eigenvalue weighted by Gasteiger charge is -2.26. The quantitative estimate of drug-likeness (QED) is 0.661. The summed E-state index contributed by atoms with van der Waals surface area (Å²) in [5.74, 6) is -0.364. The van der Waals surface area contributed by atoms with Crippen LogP contribution in [-0.4, -0.2) is 23.3 Å². The molecule has 8 heteroatoms. The molecule has 7 nitrogen and oxygen atoms in total. The number of rotatable bonds is 3. The third-order valence-electron chi connectivity index (χ3n) is 4.67. The molecule has 2 aromatic rings. The lowest BCUT2D eigenvalue weighted by Crippen LogP contribution is -2.31. The van der Waals surface area contributed by atoms with Crippen molar-refractivity contribution in [2.24, 2.45) is 0 Å². The number of hydrogen-bond acceptors (Lipinski definition) is 4. The molecule has 0 unspecified atom stereocenters. The molecule has 2 heterocycles. The van der Waals surface area contributed by atoms with Gasteiger partial charge in [-0.05, 0) is 42.2 Å². The number of anilines is 2. The highest BCUT2D eigenvalue weighted by Gasteiger charge is 2.32. The van der Waals surface area contributed by atoms with E-state index in [1.807, 2.05) is 11.0 Å². The molecular formula is C18H14ClN3O4. The zero-order chi connectivity index (χ0) is 18.4. The number of nitrogens with one attached hydrogen (secondary N) is 1. The van der Waals surface area contributed by atoms with E-state index < -0.39 is 10.8 Å². The Kier molecular flexibility index (Phi) is 3.88. The van der Waals surface area contributed by atoms with Gasteiger partial charge in [-0.2, -0.15) is 0 Å². The van der Waals surface area contributed by atoms with Crippen LogP contribution in [0.2, 0.25) is 5.02 Å². The minimum atomic E-state index is -0.568. The third kappa shape index (κ3) is 2.70. The summed E-state index contributed by atoms with van der Waals surface area (Å²) in [4.78, 5) is 36.6. The maximum absolute atomic E-state index is 12.5. The van der Waals surface area contributed by atoms with Crippen molar-refractivity contribution in [1.82, 2.24) is 0 Å². The van der Waals surface area contributed by atoms with Crippen molar-refractivity contribution in [3.8, 4) is 0 Å². The van der Waals surface area contributed by atoms with Crippen LogP contribution < -0.4 is 10.2 Å². The first-order valence-corrected chi connectivity index (χ1v) is 8.53. The van der Waals surface area contributed by atoms with Gasteiger partial charge in [0.15, 0.2) is 0 Å². The molecule has 0 atom stereocenters. The molecular weight excluding hydrogens is 358 g/mol. The van der Waals surface area contributed by atoms with E-state index in [9.17, 15) is 19.7 Å². The Hall–Kier alpha value is -2.93. The van der Waals surface area contributed by atoms with Crippen LogP contribution in [0.1, 0.15) is 27.9 Å². The van der Waals surface area contributed by atoms with E-state index >= 15 is 0 Å². The summed E-state index contributed by atoms with van der Waals surface area (Å²) in [7, 11) is 0. The molecule has 26 heavy (non-hydrogen) atoms. The molecule has 0 radical (unpaired) electrons. The lowest BCUT2D eigenvalue weighted by molar-refractivity contribution is -0.384. The third-order valence-corrected chi connectivity index (χ3v) is 4.99. The summed E-state index contributed by atoms with van der Waals surface area (Å²) >= 11 is 6.02. The van der Waals surface area contributed by atoms with Crippen molar-refractivity contribution >= 4 is 40.5 Å². The van der Waals surface area contributed by atoms with Gasteiger partial charge in [0.1, 0.15) is 0 Å². The molecule has 0 spiro atoms. The fourth-order valence-electron chi connectivity index (χ4n) is 3.55. The average Bonchev–Trinajstić information content (AvgIpc) is 2.92. The molecule has 2 aromatic carbocycles. The van der Waals surface area contributed by atoms with Crippen molar-refractivity contribution in [3.63, 3.8) is 0 Å². The molecule has 2 aliphatic rings. The fraction of sp³-hybridized carbons (Fsp3) is 0.222. The zero-order valence-corrected chi connectivity index (χ0v) is 14.4. The predicted molar refractivity (Wildman–Crippen MR) is 96.9 cm³/mol. The van der Waals surface area contributed by atoms with Gasteiger partial charge in [0.05, 0.1) is 27.6 Å². The predicted octanol–water partition coefficient (Wildman–Crippen LogP) is 3.34.